The number of carbonyl (C=O) groups excluding carboxylic acids is 1. The zero-order valence-electron chi connectivity index (χ0n) is 10.8. The van der Waals surface area contributed by atoms with Gasteiger partial charge in [0, 0.05) is 23.6 Å². The van der Waals surface area contributed by atoms with Crippen LogP contribution in [0.15, 0.2) is 36.7 Å². The van der Waals surface area contributed by atoms with Crippen LogP contribution < -0.4 is 15.8 Å². The van der Waals surface area contributed by atoms with Crippen LogP contribution in [0, 0.1) is 6.92 Å². The predicted molar refractivity (Wildman–Crippen MR) is 74.3 cm³/mol. The van der Waals surface area contributed by atoms with Crippen LogP contribution in [-0.2, 0) is 0 Å². The number of nitrogens with zero attached hydrogens (tertiary/aromatic N) is 1. The van der Waals surface area contributed by atoms with E-state index in [-0.39, 0.29) is 5.91 Å². The van der Waals surface area contributed by atoms with E-state index in [0.29, 0.717) is 17.0 Å². The standard InChI is InChI=1S/C14H15N3O2/c1-9-8-16-6-5-12(9)17-14(18)10-3-4-11(15)13(7-10)19-2/h3-8H,15H2,1-2H3,(H,16,17,18). The molecule has 0 aliphatic heterocycles. The summed E-state index contributed by atoms with van der Waals surface area (Å²) in [5, 5.41) is 2.82. The number of methoxy groups -OCH3 is 1. The van der Waals surface area contributed by atoms with Crippen LogP contribution >= 0.6 is 0 Å². The summed E-state index contributed by atoms with van der Waals surface area (Å²) in [6, 6.07) is 6.67. The number of carbonyl (C=O) groups is 1. The molecule has 0 spiro atoms. The van der Waals surface area contributed by atoms with Gasteiger partial charge in [0.2, 0.25) is 0 Å². The summed E-state index contributed by atoms with van der Waals surface area (Å²) in [6.07, 6.45) is 3.32. The van der Waals surface area contributed by atoms with Crippen LogP contribution in [0.5, 0.6) is 5.75 Å². The summed E-state index contributed by atoms with van der Waals surface area (Å²) in [5.41, 5.74) is 8.33. The maximum atomic E-state index is 12.1. The molecule has 2 rings (SSSR count). The summed E-state index contributed by atoms with van der Waals surface area (Å²) in [4.78, 5) is 16.1. The first-order valence-electron chi connectivity index (χ1n) is 5.77. The molecule has 19 heavy (non-hydrogen) atoms. The van der Waals surface area contributed by atoms with Gasteiger partial charge in [-0.3, -0.25) is 9.78 Å². The van der Waals surface area contributed by atoms with Gasteiger partial charge in [-0.2, -0.15) is 0 Å². The molecule has 1 aromatic carbocycles. The van der Waals surface area contributed by atoms with E-state index in [0.717, 1.165) is 11.3 Å². The van der Waals surface area contributed by atoms with Crippen LogP contribution in [0.4, 0.5) is 11.4 Å². The molecule has 0 radical (unpaired) electrons. The highest BCUT2D eigenvalue weighted by Crippen LogP contribution is 2.23. The van der Waals surface area contributed by atoms with Crippen LogP contribution in [0.1, 0.15) is 15.9 Å². The van der Waals surface area contributed by atoms with E-state index in [4.69, 9.17) is 10.5 Å². The monoisotopic (exact) mass is 257 g/mol. The van der Waals surface area contributed by atoms with Gasteiger partial charge in [-0.25, -0.2) is 0 Å². The summed E-state index contributed by atoms with van der Waals surface area (Å²) >= 11 is 0. The fourth-order valence-corrected chi connectivity index (χ4v) is 1.66. The van der Waals surface area contributed by atoms with E-state index < -0.39 is 0 Å². The molecular weight excluding hydrogens is 242 g/mol. The molecule has 0 aliphatic rings. The largest absolute Gasteiger partial charge is 0.495 e. The molecule has 0 atom stereocenters. The molecular formula is C14H15N3O2. The third-order valence-corrected chi connectivity index (χ3v) is 2.76. The minimum atomic E-state index is -0.215. The third kappa shape index (κ3) is 2.82. The second-order valence-corrected chi connectivity index (χ2v) is 4.10. The Morgan fingerprint density at radius 3 is 2.84 bits per heavy atom. The number of anilines is 2. The molecule has 0 bridgehead atoms. The maximum absolute atomic E-state index is 12.1. The first-order valence-corrected chi connectivity index (χ1v) is 5.77. The van der Waals surface area contributed by atoms with E-state index in [9.17, 15) is 4.79 Å². The second-order valence-electron chi connectivity index (χ2n) is 4.10. The van der Waals surface area contributed by atoms with Gasteiger partial charge in [0.05, 0.1) is 12.8 Å². The van der Waals surface area contributed by atoms with Crippen molar-refractivity contribution in [3.63, 3.8) is 0 Å². The van der Waals surface area contributed by atoms with Gasteiger partial charge in [0.1, 0.15) is 5.75 Å². The number of ether oxygens (including phenoxy) is 1. The number of hydrogen-bond acceptors (Lipinski definition) is 4. The van der Waals surface area contributed by atoms with Gasteiger partial charge in [0.25, 0.3) is 5.91 Å². The van der Waals surface area contributed by atoms with Crippen molar-refractivity contribution in [2.75, 3.05) is 18.2 Å². The topological polar surface area (TPSA) is 77.2 Å². The molecule has 3 N–H and O–H groups in total. The number of nitrogens with two attached hydrogens (primary N) is 1. The maximum Gasteiger partial charge on any atom is 0.255 e. The van der Waals surface area contributed by atoms with E-state index >= 15 is 0 Å². The van der Waals surface area contributed by atoms with Crippen molar-refractivity contribution in [3.8, 4) is 5.75 Å². The number of rotatable bonds is 3. The van der Waals surface area contributed by atoms with Gasteiger partial charge in [0.15, 0.2) is 0 Å². The second kappa shape index (κ2) is 5.39. The molecule has 98 valence electrons. The summed E-state index contributed by atoms with van der Waals surface area (Å²) in [5.74, 6) is 0.270. The fourth-order valence-electron chi connectivity index (χ4n) is 1.66. The zero-order chi connectivity index (χ0) is 13.8. The predicted octanol–water partition coefficient (Wildman–Crippen LogP) is 2.23. The highest BCUT2D eigenvalue weighted by molar-refractivity contribution is 6.05. The molecule has 0 saturated heterocycles. The Kier molecular flexibility index (Phi) is 3.66. The highest BCUT2D eigenvalue weighted by atomic mass is 16.5. The summed E-state index contributed by atoms with van der Waals surface area (Å²) in [6.45, 7) is 1.88. The number of benzene rings is 1. The lowest BCUT2D eigenvalue weighted by Crippen LogP contribution is -2.13. The Morgan fingerprint density at radius 2 is 2.16 bits per heavy atom. The van der Waals surface area contributed by atoms with Crippen LogP contribution in [0.2, 0.25) is 0 Å². The molecule has 1 amide bonds. The Morgan fingerprint density at radius 1 is 1.37 bits per heavy atom. The van der Waals surface area contributed by atoms with Crippen molar-refractivity contribution in [1.29, 1.82) is 0 Å². The minimum absolute atomic E-state index is 0.215. The number of amides is 1. The molecule has 0 aliphatic carbocycles. The van der Waals surface area contributed by atoms with Gasteiger partial charge >= 0.3 is 0 Å². The number of nitrogens with one attached hydrogen (secondary N) is 1. The highest BCUT2D eigenvalue weighted by Gasteiger charge is 2.10. The van der Waals surface area contributed by atoms with Crippen molar-refractivity contribution in [3.05, 3.63) is 47.8 Å². The molecule has 0 saturated carbocycles. The van der Waals surface area contributed by atoms with Crippen molar-refractivity contribution in [2.24, 2.45) is 0 Å². The van der Waals surface area contributed by atoms with Crippen molar-refractivity contribution in [1.82, 2.24) is 4.98 Å². The fraction of sp³-hybridized carbons (Fsp3) is 0.143. The molecule has 2 aromatic rings. The van der Waals surface area contributed by atoms with Gasteiger partial charge < -0.3 is 15.8 Å². The average molecular weight is 257 g/mol. The van der Waals surface area contributed by atoms with Gasteiger partial charge in [-0.15, -0.1) is 0 Å². The molecule has 0 unspecified atom stereocenters. The molecule has 1 heterocycles. The summed E-state index contributed by atoms with van der Waals surface area (Å²) in [7, 11) is 1.51. The molecule has 1 aromatic heterocycles. The normalized spacial score (nSPS) is 10.0. The number of aromatic nitrogens is 1. The summed E-state index contributed by atoms with van der Waals surface area (Å²) < 4.78 is 5.09. The van der Waals surface area contributed by atoms with Gasteiger partial charge in [-0.05, 0) is 36.8 Å². The Labute approximate surface area is 111 Å². The number of pyridine rings is 1. The van der Waals surface area contributed by atoms with Crippen LogP contribution in [0.3, 0.4) is 0 Å². The lowest BCUT2D eigenvalue weighted by molar-refractivity contribution is 0.102. The van der Waals surface area contributed by atoms with Crippen LogP contribution in [0.25, 0.3) is 0 Å². The first kappa shape index (κ1) is 12.9. The molecule has 5 nitrogen and oxygen atoms in total. The number of nitrogen functional groups attached to an aromatic ring is 1. The number of hydrogen-bond donors (Lipinski definition) is 2. The van der Waals surface area contributed by atoms with E-state index in [1.807, 2.05) is 6.92 Å². The van der Waals surface area contributed by atoms with Crippen LogP contribution in [-0.4, -0.2) is 18.0 Å². The smallest absolute Gasteiger partial charge is 0.255 e. The van der Waals surface area contributed by atoms with Crippen molar-refractivity contribution in [2.45, 2.75) is 6.92 Å². The lowest BCUT2D eigenvalue weighted by atomic mass is 10.1. The lowest BCUT2D eigenvalue weighted by Gasteiger charge is -2.09. The quantitative estimate of drug-likeness (QED) is 0.827. The molecule has 5 heteroatoms. The SMILES string of the molecule is COc1cc(C(=O)Nc2ccncc2C)ccc1N. The Bertz CT molecular complexity index is 611. The Balaban J connectivity index is 2.23. The molecule has 0 fully saturated rings. The van der Waals surface area contributed by atoms with Crippen molar-refractivity contribution < 1.29 is 9.53 Å². The third-order valence-electron chi connectivity index (χ3n) is 2.76. The minimum Gasteiger partial charge on any atom is -0.495 e. The average Bonchev–Trinajstić information content (AvgIpc) is 2.42. The van der Waals surface area contributed by atoms with Crippen molar-refractivity contribution >= 4 is 17.3 Å². The van der Waals surface area contributed by atoms with E-state index in [1.165, 1.54) is 7.11 Å². The first-order chi connectivity index (χ1) is 9.11. The Hall–Kier alpha value is -2.56. The van der Waals surface area contributed by atoms with Gasteiger partial charge in [-0.1, -0.05) is 0 Å². The zero-order valence-corrected chi connectivity index (χ0v) is 10.8. The number of aryl methyl sites for hydroxylation is 1. The van der Waals surface area contributed by atoms with E-state index in [2.05, 4.69) is 10.3 Å². The van der Waals surface area contributed by atoms with E-state index in [1.54, 1.807) is 36.7 Å².